The van der Waals surface area contributed by atoms with Crippen molar-refractivity contribution < 1.29 is 9.13 Å². The molecule has 1 aromatic heterocycles. The van der Waals surface area contributed by atoms with E-state index in [1.807, 2.05) is 27.1 Å². The number of benzene rings is 1. The topological polar surface area (TPSA) is 39.1 Å². The molecular formula is C15H20FN3O. The zero-order valence-electron chi connectivity index (χ0n) is 12.1. The Kier molecular flexibility index (Phi) is 4.74. The van der Waals surface area contributed by atoms with E-state index in [1.165, 1.54) is 12.1 Å². The van der Waals surface area contributed by atoms with Gasteiger partial charge in [0, 0.05) is 36.5 Å². The van der Waals surface area contributed by atoms with Gasteiger partial charge in [-0.2, -0.15) is 5.10 Å². The Balaban J connectivity index is 2.14. The predicted molar refractivity (Wildman–Crippen MR) is 76.0 cm³/mol. The van der Waals surface area contributed by atoms with Crippen LogP contribution in [-0.4, -0.2) is 16.3 Å². The largest absolute Gasteiger partial charge is 0.488 e. The lowest BCUT2D eigenvalue weighted by Gasteiger charge is -2.17. The van der Waals surface area contributed by atoms with Crippen LogP contribution in [0.3, 0.4) is 0 Å². The van der Waals surface area contributed by atoms with E-state index in [4.69, 9.17) is 4.74 Å². The van der Waals surface area contributed by atoms with Crippen molar-refractivity contribution in [3.63, 3.8) is 0 Å². The third-order valence-electron chi connectivity index (χ3n) is 3.11. The summed E-state index contributed by atoms with van der Waals surface area (Å²) in [4.78, 5) is 0. The summed E-state index contributed by atoms with van der Waals surface area (Å²) in [6.07, 6.45) is 3.62. The molecule has 0 radical (unpaired) electrons. The normalized spacial score (nSPS) is 12.4. The van der Waals surface area contributed by atoms with E-state index in [2.05, 4.69) is 10.4 Å². The van der Waals surface area contributed by atoms with E-state index in [-0.39, 0.29) is 11.9 Å². The van der Waals surface area contributed by atoms with Crippen LogP contribution in [0.25, 0.3) is 0 Å². The molecule has 2 aromatic rings. The maximum absolute atomic E-state index is 13.4. The highest BCUT2D eigenvalue weighted by Gasteiger charge is 2.12. The van der Waals surface area contributed by atoms with Gasteiger partial charge in [0.05, 0.1) is 6.20 Å². The number of aromatic nitrogens is 2. The summed E-state index contributed by atoms with van der Waals surface area (Å²) in [6.45, 7) is 5.30. The molecule has 1 atom stereocenters. The maximum Gasteiger partial charge on any atom is 0.127 e. The Morgan fingerprint density at radius 1 is 1.45 bits per heavy atom. The highest BCUT2D eigenvalue weighted by atomic mass is 19.1. The van der Waals surface area contributed by atoms with Crippen LogP contribution in [0.1, 0.15) is 31.0 Å². The second-order valence-corrected chi connectivity index (χ2v) is 4.77. The van der Waals surface area contributed by atoms with Gasteiger partial charge in [-0.25, -0.2) is 4.39 Å². The summed E-state index contributed by atoms with van der Waals surface area (Å²) in [5.74, 6) is 0.279. The van der Waals surface area contributed by atoms with Crippen molar-refractivity contribution in [2.24, 2.45) is 7.05 Å². The molecule has 20 heavy (non-hydrogen) atoms. The van der Waals surface area contributed by atoms with Gasteiger partial charge in [-0.15, -0.1) is 0 Å². The number of nitrogens with zero attached hydrogens (tertiary/aromatic N) is 2. The summed E-state index contributed by atoms with van der Waals surface area (Å²) >= 11 is 0. The number of hydrogen-bond acceptors (Lipinski definition) is 3. The van der Waals surface area contributed by atoms with Crippen LogP contribution in [0.4, 0.5) is 4.39 Å². The highest BCUT2D eigenvalue weighted by molar-refractivity contribution is 5.36. The molecule has 0 aliphatic carbocycles. The van der Waals surface area contributed by atoms with Crippen LogP contribution in [-0.2, 0) is 13.7 Å². The van der Waals surface area contributed by atoms with Crippen molar-refractivity contribution in [3.8, 4) is 5.75 Å². The molecule has 0 amide bonds. The van der Waals surface area contributed by atoms with E-state index in [1.54, 1.807) is 16.9 Å². The van der Waals surface area contributed by atoms with Crippen molar-refractivity contribution in [3.05, 3.63) is 47.5 Å². The van der Waals surface area contributed by atoms with E-state index >= 15 is 0 Å². The van der Waals surface area contributed by atoms with Crippen LogP contribution in [0.5, 0.6) is 5.75 Å². The van der Waals surface area contributed by atoms with Crippen LogP contribution < -0.4 is 10.1 Å². The zero-order chi connectivity index (χ0) is 14.5. The lowest BCUT2D eigenvalue weighted by atomic mass is 10.1. The monoisotopic (exact) mass is 277 g/mol. The molecule has 4 nitrogen and oxygen atoms in total. The molecule has 2 rings (SSSR count). The van der Waals surface area contributed by atoms with E-state index in [9.17, 15) is 4.39 Å². The summed E-state index contributed by atoms with van der Waals surface area (Å²) in [7, 11) is 1.85. The number of halogens is 1. The third kappa shape index (κ3) is 3.57. The third-order valence-corrected chi connectivity index (χ3v) is 3.11. The number of rotatable bonds is 6. The van der Waals surface area contributed by atoms with Crippen LogP contribution in [0.2, 0.25) is 0 Å². The van der Waals surface area contributed by atoms with Crippen molar-refractivity contribution in [2.45, 2.75) is 26.5 Å². The fourth-order valence-corrected chi connectivity index (χ4v) is 2.11. The fraction of sp³-hybridized carbons (Fsp3) is 0.400. The highest BCUT2D eigenvalue weighted by Crippen LogP contribution is 2.26. The molecular weight excluding hydrogens is 257 g/mol. The molecule has 1 aromatic carbocycles. The van der Waals surface area contributed by atoms with E-state index in [0.29, 0.717) is 12.4 Å². The predicted octanol–water partition coefficient (Wildman–Crippen LogP) is 2.81. The number of nitrogens with one attached hydrogen (secondary N) is 1. The Hall–Kier alpha value is -1.88. The average Bonchev–Trinajstić information content (AvgIpc) is 2.82. The van der Waals surface area contributed by atoms with Crippen molar-refractivity contribution in [2.75, 3.05) is 6.54 Å². The number of aryl methyl sites for hydroxylation is 1. The fourth-order valence-electron chi connectivity index (χ4n) is 2.11. The first-order chi connectivity index (χ1) is 9.60. The number of hydrogen-bond donors (Lipinski definition) is 1. The summed E-state index contributed by atoms with van der Waals surface area (Å²) in [5.41, 5.74) is 1.91. The molecule has 1 N–H and O–H groups in total. The molecule has 1 unspecified atom stereocenters. The Labute approximate surface area is 118 Å². The number of ether oxygens (including phenoxy) is 1. The van der Waals surface area contributed by atoms with Gasteiger partial charge in [-0.1, -0.05) is 13.0 Å². The smallest absolute Gasteiger partial charge is 0.127 e. The van der Waals surface area contributed by atoms with Gasteiger partial charge in [-0.05, 0) is 19.5 Å². The second kappa shape index (κ2) is 6.52. The Morgan fingerprint density at radius 3 is 2.90 bits per heavy atom. The van der Waals surface area contributed by atoms with Gasteiger partial charge in [0.15, 0.2) is 0 Å². The molecule has 0 bridgehead atoms. The molecule has 0 saturated heterocycles. The van der Waals surface area contributed by atoms with Crippen molar-refractivity contribution >= 4 is 0 Å². The first-order valence-electron chi connectivity index (χ1n) is 6.73. The first kappa shape index (κ1) is 14.5. The second-order valence-electron chi connectivity index (χ2n) is 4.77. The average molecular weight is 277 g/mol. The SMILES string of the molecule is CCNC(C)c1ccc(F)cc1OCc1cnn(C)c1. The molecule has 108 valence electrons. The van der Waals surface area contributed by atoms with Gasteiger partial charge in [0.1, 0.15) is 18.2 Å². The molecule has 5 heteroatoms. The molecule has 0 fully saturated rings. The lowest BCUT2D eigenvalue weighted by Crippen LogP contribution is -2.18. The van der Waals surface area contributed by atoms with Crippen molar-refractivity contribution in [1.29, 1.82) is 0 Å². The molecule has 0 aliphatic rings. The molecule has 0 aliphatic heterocycles. The van der Waals surface area contributed by atoms with Gasteiger partial charge < -0.3 is 10.1 Å². The van der Waals surface area contributed by atoms with Gasteiger partial charge in [-0.3, -0.25) is 4.68 Å². The minimum Gasteiger partial charge on any atom is -0.488 e. The van der Waals surface area contributed by atoms with E-state index < -0.39 is 0 Å². The summed E-state index contributed by atoms with van der Waals surface area (Å²) < 4.78 is 20.9. The quantitative estimate of drug-likeness (QED) is 0.882. The molecule has 0 saturated carbocycles. The minimum atomic E-state index is -0.293. The minimum absolute atomic E-state index is 0.115. The molecule has 1 heterocycles. The Bertz CT molecular complexity index is 568. The standard InChI is InChI=1S/C15H20FN3O/c1-4-17-11(2)14-6-5-13(16)7-15(14)20-10-12-8-18-19(3)9-12/h5-9,11,17H,4,10H2,1-3H3. The lowest BCUT2D eigenvalue weighted by molar-refractivity contribution is 0.298. The molecule has 0 spiro atoms. The Morgan fingerprint density at radius 2 is 2.25 bits per heavy atom. The van der Waals surface area contributed by atoms with Gasteiger partial charge in [0.2, 0.25) is 0 Å². The maximum atomic E-state index is 13.4. The zero-order valence-corrected chi connectivity index (χ0v) is 12.1. The summed E-state index contributed by atoms with van der Waals surface area (Å²) in [6, 6.07) is 4.77. The van der Waals surface area contributed by atoms with Crippen LogP contribution in [0, 0.1) is 5.82 Å². The first-order valence-corrected chi connectivity index (χ1v) is 6.73. The van der Waals surface area contributed by atoms with Crippen molar-refractivity contribution in [1.82, 2.24) is 15.1 Å². The van der Waals surface area contributed by atoms with Gasteiger partial charge >= 0.3 is 0 Å². The van der Waals surface area contributed by atoms with Crippen LogP contribution in [0.15, 0.2) is 30.6 Å². The van der Waals surface area contributed by atoms with E-state index in [0.717, 1.165) is 17.7 Å². The van der Waals surface area contributed by atoms with Gasteiger partial charge in [0.25, 0.3) is 0 Å². The summed E-state index contributed by atoms with van der Waals surface area (Å²) in [5, 5.41) is 7.39. The van der Waals surface area contributed by atoms with Crippen LogP contribution >= 0.6 is 0 Å².